The summed E-state index contributed by atoms with van der Waals surface area (Å²) in [6.45, 7) is 14.3. The van der Waals surface area contributed by atoms with Crippen LogP contribution in [0.15, 0.2) is 47.5 Å². The second-order valence-corrected chi connectivity index (χ2v) is 14.0. The summed E-state index contributed by atoms with van der Waals surface area (Å²) >= 11 is 3.68. The van der Waals surface area contributed by atoms with Gasteiger partial charge in [0.2, 0.25) is 0 Å². The molecular weight excluding hydrogens is 475 g/mol. The molecule has 0 fully saturated rings. The molecule has 0 heterocycles. The van der Waals surface area contributed by atoms with Gasteiger partial charge in [0.15, 0.2) is 0 Å². The van der Waals surface area contributed by atoms with E-state index in [-0.39, 0.29) is 0 Å². The second-order valence-electron chi connectivity index (χ2n) is 9.17. The Bertz CT molecular complexity index is 934. The molecule has 0 N–H and O–H groups in total. The van der Waals surface area contributed by atoms with E-state index in [1.54, 1.807) is 22.3 Å². The monoisotopic (exact) mass is 510 g/mol. The van der Waals surface area contributed by atoms with Crippen molar-refractivity contribution in [3.63, 3.8) is 0 Å². The van der Waals surface area contributed by atoms with Crippen LogP contribution in [0.3, 0.4) is 0 Å². The number of hydrogen-bond acceptors (Lipinski definition) is 0. The number of rotatable bonds is 6. The zero-order valence-corrected chi connectivity index (χ0v) is 23.5. The summed E-state index contributed by atoms with van der Waals surface area (Å²) in [6, 6.07) is 13.9. The van der Waals surface area contributed by atoms with Gasteiger partial charge in [0.25, 0.3) is 0 Å². The van der Waals surface area contributed by atoms with Crippen LogP contribution in [0.4, 0.5) is 0 Å². The Hall–Kier alpha value is -0.907. The van der Waals surface area contributed by atoms with Crippen molar-refractivity contribution in [2.45, 2.75) is 73.5 Å². The van der Waals surface area contributed by atoms with Crippen molar-refractivity contribution in [2.75, 3.05) is 6.38 Å². The Morgan fingerprint density at radius 3 is 1.42 bits per heavy atom. The van der Waals surface area contributed by atoms with Crippen LogP contribution in [0.5, 0.6) is 0 Å². The molecule has 31 heavy (non-hydrogen) atoms. The van der Waals surface area contributed by atoms with E-state index in [0.717, 1.165) is 0 Å². The van der Waals surface area contributed by atoms with E-state index in [1.807, 2.05) is 0 Å². The molecule has 0 radical (unpaired) electrons. The Labute approximate surface area is 206 Å². The number of halogens is 1. The molecule has 2 aromatic carbocycles. The predicted octanol–water partition coefficient (Wildman–Crippen LogP) is 8.77. The molecule has 164 valence electrons. The average molecular weight is 512 g/mol. The molecule has 2 atom stereocenters. The normalized spacial score (nSPS) is 23.4. The fourth-order valence-electron chi connectivity index (χ4n) is 6.10. The van der Waals surface area contributed by atoms with E-state index >= 15 is 0 Å². The van der Waals surface area contributed by atoms with Crippen LogP contribution in [0.2, 0.25) is 0 Å². The third-order valence-electron chi connectivity index (χ3n) is 7.23. The summed E-state index contributed by atoms with van der Waals surface area (Å²) in [4.78, 5) is 0. The smallest absolute Gasteiger partial charge is 0.0108 e. The molecule has 2 aliphatic rings. The minimum atomic E-state index is -0.957. The molecule has 0 amide bonds. The Morgan fingerprint density at radius 1 is 0.677 bits per heavy atom. The first-order valence-electron chi connectivity index (χ1n) is 11.6. The van der Waals surface area contributed by atoms with Crippen LogP contribution in [0, 0.1) is 13.8 Å². The van der Waals surface area contributed by atoms with Crippen molar-refractivity contribution >= 4 is 23.8 Å². The first-order chi connectivity index (χ1) is 14.9. The minimum absolute atomic E-state index is 0.312. The molecule has 2 aliphatic carbocycles. The molecule has 2 heteroatoms. The number of hydrogen-bond donors (Lipinski definition) is 0. The van der Waals surface area contributed by atoms with Crippen molar-refractivity contribution in [3.8, 4) is 0 Å². The molecule has 0 spiro atoms. The van der Waals surface area contributed by atoms with Gasteiger partial charge in [-0.25, -0.2) is 0 Å². The van der Waals surface area contributed by atoms with Gasteiger partial charge in [0.1, 0.15) is 0 Å². The van der Waals surface area contributed by atoms with Crippen molar-refractivity contribution in [1.29, 1.82) is 0 Å². The maximum absolute atomic E-state index is 4.64. The molecule has 2 aromatic rings. The summed E-state index contributed by atoms with van der Waals surface area (Å²) in [6.07, 6.45) is 11.6. The topological polar surface area (TPSA) is 0 Å². The molecule has 0 nitrogen and oxygen atoms in total. The van der Waals surface area contributed by atoms with E-state index in [1.165, 1.54) is 54.3 Å². The maximum Gasteiger partial charge on any atom is 0.0108 e. The van der Waals surface area contributed by atoms with Crippen LogP contribution in [-0.2, 0) is 29.5 Å². The van der Waals surface area contributed by atoms with Crippen LogP contribution in [0.1, 0.15) is 86.8 Å². The van der Waals surface area contributed by atoms with Gasteiger partial charge in [-0.15, -0.1) is 11.6 Å². The first kappa shape index (κ1) is 24.7. The number of fused-ring (bicyclic) bond motifs is 2. The quantitative estimate of drug-likeness (QED) is 0.340. The fourth-order valence-corrected chi connectivity index (χ4v) is 13.4. The number of allylic oxidation sites excluding steroid dienone is 2. The maximum atomic E-state index is 4.64. The molecule has 0 bridgehead atoms. The van der Waals surface area contributed by atoms with Gasteiger partial charge in [-0.2, -0.15) is 0 Å². The van der Waals surface area contributed by atoms with Gasteiger partial charge in [-0.05, 0) is 0 Å². The number of benzene rings is 2. The Balaban J connectivity index is 0.00000132. The van der Waals surface area contributed by atoms with Gasteiger partial charge in [-0.3, -0.25) is 0 Å². The van der Waals surface area contributed by atoms with Crippen LogP contribution in [0.25, 0.3) is 12.2 Å². The zero-order chi connectivity index (χ0) is 22.8. The summed E-state index contributed by atoms with van der Waals surface area (Å²) < 4.78 is 0.625. The van der Waals surface area contributed by atoms with Crippen LogP contribution in [-0.4, -0.2) is 6.38 Å². The summed E-state index contributed by atoms with van der Waals surface area (Å²) in [7, 11) is 0. The van der Waals surface area contributed by atoms with E-state index in [9.17, 15) is 0 Å². The summed E-state index contributed by atoms with van der Waals surface area (Å²) in [5, 5.41) is 0. The number of aryl methyl sites for hydroxylation is 2. The Morgan fingerprint density at radius 2 is 1.06 bits per heavy atom. The molecule has 0 aliphatic heterocycles. The van der Waals surface area contributed by atoms with E-state index in [0.29, 0.717) is 6.25 Å². The largest absolute Gasteiger partial charge is 0.130 e. The average Bonchev–Trinajstić information content (AvgIpc) is 3.17. The van der Waals surface area contributed by atoms with Crippen molar-refractivity contribution < 1.29 is 23.2 Å². The Kier molecular flexibility index (Phi) is 7.92. The molecule has 0 saturated heterocycles. The SMILES string of the molecule is CCC[C]1([Zr][C]2(CCC)C(C)=Cc3cccc(C)c32)C(C)=Cc2cccc(C)c21.CCl. The molecule has 4 rings (SSSR count). The van der Waals surface area contributed by atoms with Crippen molar-refractivity contribution in [3.05, 3.63) is 80.9 Å². The van der Waals surface area contributed by atoms with Gasteiger partial charge >= 0.3 is 190 Å². The van der Waals surface area contributed by atoms with Crippen molar-refractivity contribution in [2.24, 2.45) is 0 Å². The van der Waals surface area contributed by atoms with Crippen LogP contribution < -0.4 is 0 Å². The molecule has 0 aromatic heterocycles. The molecular formula is C29H37ClZr. The van der Waals surface area contributed by atoms with Gasteiger partial charge in [-0.1, -0.05) is 0 Å². The molecule has 2 unspecified atom stereocenters. The van der Waals surface area contributed by atoms with Gasteiger partial charge < -0.3 is 0 Å². The predicted molar refractivity (Wildman–Crippen MR) is 135 cm³/mol. The molecule has 0 saturated carbocycles. The van der Waals surface area contributed by atoms with Gasteiger partial charge in [0, 0.05) is 6.38 Å². The second kappa shape index (κ2) is 9.93. The minimum Gasteiger partial charge on any atom is -0.130 e. The van der Waals surface area contributed by atoms with Gasteiger partial charge in [0.05, 0.1) is 0 Å². The first-order valence-corrected chi connectivity index (χ1v) is 14.9. The third kappa shape index (κ3) is 4.00. The van der Waals surface area contributed by atoms with E-state index in [4.69, 9.17) is 0 Å². The van der Waals surface area contributed by atoms with E-state index < -0.39 is 23.2 Å². The number of alkyl halides is 1. The standard InChI is InChI=1S/2C14H17.CH3Cl.Zr/c2*1-4-6-13-11(3)9-12-8-5-7-10(2)14(12)13;1-2;/h2*5,7-9H,4,6H2,1-3H3;1H3;. The van der Waals surface area contributed by atoms with Crippen molar-refractivity contribution in [1.82, 2.24) is 0 Å². The third-order valence-corrected chi connectivity index (χ3v) is 13.7. The van der Waals surface area contributed by atoms with Crippen LogP contribution >= 0.6 is 11.6 Å². The summed E-state index contributed by atoms with van der Waals surface area (Å²) in [5.74, 6) is 0. The zero-order valence-electron chi connectivity index (χ0n) is 20.3. The summed E-state index contributed by atoms with van der Waals surface area (Å²) in [5.41, 5.74) is 12.6. The fraction of sp³-hybridized carbons (Fsp3) is 0.448. The van der Waals surface area contributed by atoms with E-state index in [2.05, 4.69) is 102 Å².